The summed E-state index contributed by atoms with van der Waals surface area (Å²) in [4.78, 5) is 30.5. The second-order valence-electron chi connectivity index (χ2n) is 5.40. The number of nitrogens with zero attached hydrogens (tertiary/aromatic N) is 3. The number of anilines is 2. The van der Waals surface area contributed by atoms with Crippen LogP contribution >= 0.6 is 0 Å². The molecule has 0 bridgehead atoms. The van der Waals surface area contributed by atoms with Crippen molar-refractivity contribution in [1.29, 1.82) is 0 Å². The number of hydrogen-bond acceptors (Lipinski definition) is 4. The van der Waals surface area contributed by atoms with Gasteiger partial charge in [-0.2, -0.15) is 0 Å². The van der Waals surface area contributed by atoms with Gasteiger partial charge in [-0.05, 0) is 25.0 Å². The molecule has 1 aromatic rings. The lowest BCUT2D eigenvalue weighted by atomic mass is 10.2. The summed E-state index contributed by atoms with van der Waals surface area (Å²) in [5.74, 6) is 0.587. The van der Waals surface area contributed by atoms with Gasteiger partial charge < -0.3 is 10.2 Å². The highest BCUT2D eigenvalue weighted by atomic mass is 16.2. The highest BCUT2D eigenvalue weighted by molar-refractivity contribution is 6.19. The van der Waals surface area contributed by atoms with Crippen molar-refractivity contribution in [1.82, 2.24) is 9.88 Å². The molecular formula is C14H18N4O2. The Morgan fingerprint density at radius 1 is 1.25 bits per heavy atom. The average molecular weight is 274 g/mol. The first-order valence-electron chi connectivity index (χ1n) is 6.96. The molecule has 6 heteroatoms. The van der Waals surface area contributed by atoms with Gasteiger partial charge in [0.2, 0.25) is 0 Å². The number of aromatic nitrogens is 1. The molecule has 2 heterocycles. The molecule has 0 aromatic carbocycles. The van der Waals surface area contributed by atoms with Crippen LogP contribution in [0.4, 0.5) is 16.3 Å². The predicted octanol–water partition coefficient (Wildman–Crippen LogP) is 1.83. The lowest BCUT2D eigenvalue weighted by Gasteiger charge is -2.16. The molecule has 1 saturated heterocycles. The lowest BCUT2D eigenvalue weighted by Crippen LogP contribution is -2.31. The third kappa shape index (κ3) is 2.33. The molecule has 0 spiro atoms. The van der Waals surface area contributed by atoms with E-state index < -0.39 is 0 Å². The minimum absolute atomic E-state index is 0.126. The van der Waals surface area contributed by atoms with Gasteiger partial charge in [-0.3, -0.25) is 4.79 Å². The molecule has 1 N–H and O–H groups in total. The van der Waals surface area contributed by atoms with Gasteiger partial charge in [0.1, 0.15) is 12.4 Å². The standard InChI is InChI=1S/C14H18N4O2/c1-17-9-13(19)18(14(17)20)11-6-7-12(15-8-11)16-10-4-2-3-5-10/h6-8,10H,2-5,9H2,1H3,(H,15,16). The maximum atomic E-state index is 11.9. The van der Waals surface area contributed by atoms with E-state index in [2.05, 4.69) is 10.3 Å². The van der Waals surface area contributed by atoms with Crippen molar-refractivity contribution in [3.05, 3.63) is 18.3 Å². The van der Waals surface area contributed by atoms with Crippen molar-refractivity contribution in [2.24, 2.45) is 0 Å². The summed E-state index contributed by atoms with van der Waals surface area (Å²) in [5, 5.41) is 3.38. The number of carbonyl (C=O) groups excluding carboxylic acids is 2. The van der Waals surface area contributed by atoms with Crippen LogP contribution in [-0.2, 0) is 4.79 Å². The molecule has 6 nitrogen and oxygen atoms in total. The van der Waals surface area contributed by atoms with E-state index in [0.29, 0.717) is 11.7 Å². The van der Waals surface area contributed by atoms with Crippen LogP contribution in [-0.4, -0.2) is 41.5 Å². The van der Waals surface area contributed by atoms with Crippen molar-refractivity contribution in [2.45, 2.75) is 31.7 Å². The third-order valence-corrected chi connectivity index (χ3v) is 3.85. The maximum absolute atomic E-state index is 11.9. The third-order valence-electron chi connectivity index (χ3n) is 3.85. The molecule has 3 rings (SSSR count). The summed E-state index contributed by atoms with van der Waals surface area (Å²) >= 11 is 0. The fourth-order valence-corrected chi connectivity index (χ4v) is 2.76. The minimum atomic E-state index is -0.298. The van der Waals surface area contributed by atoms with Crippen LogP contribution in [0.2, 0.25) is 0 Å². The second kappa shape index (κ2) is 5.11. The Labute approximate surface area is 117 Å². The molecule has 1 aliphatic heterocycles. The molecule has 1 aliphatic carbocycles. The number of likely N-dealkylation sites (N-methyl/N-ethyl adjacent to an activating group) is 1. The maximum Gasteiger partial charge on any atom is 0.331 e. The molecule has 106 valence electrons. The van der Waals surface area contributed by atoms with Crippen LogP contribution < -0.4 is 10.2 Å². The molecule has 3 amide bonds. The van der Waals surface area contributed by atoms with Gasteiger partial charge in [0, 0.05) is 13.1 Å². The Kier molecular flexibility index (Phi) is 3.30. The fraction of sp³-hybridized carbons (Fsp3) is 0.500. The zero-order valence-electron chi connectivity index (χ0n) is 11.5. The number of pyridine rings is 1. The largest absolute Gasteiger partial charge is 0.367 e. The van der Waals surface area contributed by atoms with E-state index in [0.717, 1.165) is 5.82 Å². The van der Waals surface area contributed by atoms with E-state index in [4.69, 9.17) is 0 Å². The normalized spacial score (nSPS) is 20.1. The molecule has 1 aromatic heterocycles. The van der Waals surface area contributed by atoms with E-state index in [1.807, 2.05) is 6.07 Å². The number of carbonyl (C=O) groups is 2. The summed E-state index contributed by atoms with van der Waals surface area (Å²) < 4.78 is 0. The van der Waals surface area contributed by atoms with Crippen molar-refractivity contribution in [3.63, 3.8) is 0 Å². The Hall–Kier alpha value is -2.11. The first-order chi connectivity index (χ1) is 9.65. The van der Waals surface area contributed by atoms with Crippen LogP contribution in [0.3, 0.4) is 0 Å². The summed E-state index contributed by atoms with van der Waals surface area (Å²) in [6.45, 7) is 0.126. The monoisotopic (exact) mass is 274 g/mol. The van der Waals surface area contributed by atoms with Crippen LogP contribution in [0.25, 0.3) is 0 Å². The van der Waals surface area contributed by atoms with Crippen LogP contribution in [0.15, 0.2) is 18.3 Å². The van der Waals surface area contributed by atoms with E-state index >= 15 is 0 Å². The van der Waals surface area contributed by atoms with E-state index in [-0.39, 0.29) is 18.5 Å². The van der Waals surface area contributed by atoms with Crippen molar-refractivity contribution >= 4 is 23.4 Å². The van der Waals surface area contributed by atoms with Crippen LogP contribution in [0, 0.1) is 0 Å². The van der Waals surface area contributed by atoms with Gasteiger partial charge in [0.05, 0.1) is 11.9 Å². The fourth-order valence-electron chi connectivity index (χ4n) is 2.76. The van der Waals surface area contributed by atoms with Gasteiger partial charge >= 0.3 is 6.03 Å². The smallest absolute Gasteiger partial charge is 0.331 e. The summed E-state index contributed by atoms with van der Waals surface area (Å²) in [6.07, 6.45) is 6.46. The zero-order valence-corrected chi connectivity index (χ0v) is 11.5. The molecule has 20 heavy (non-hydrogen) atoms. The van der Waals surface area contributed by atoms with Crippen molar-refractivity contribution in [2.75, 3.05) is 23.8 Å². The molecular weight excluding hydrogens is 256 g/mol. The first-order valence-corrected chi connectivity index (χ1v) is 6.96. The SMILES string of the molecule is CN1CC(=O)N(c2ccc(NC3CCCC3)nc2)C1=O. The number of urea groups is 1. The number of rotatable bonds is 3. The van der Waals surface area contributed by atoms with Gasteiger partial charge in [0.15, 0.2) is 0 Å². The zero-order chi connectivity index (χ0) is 14.1. The van der Waals surface area contributed by atoms with E-state index in [1.165, 1.54) is 35.5 Å². The van der Waals surface area contributed by atoms with Crippen LogP contribution in [0.5, 0.6) is 0 Å². The molecule has 0 atom stereocenters. The Balaban J connectivity index is 1.72. The molecule has 0 radical (unpaired) electrons. The highest BCUT2D eigenvalue weighted by Crippen LogP contribution is 2.24. The van der Waals surface area contributed by atoms with Crippen LogP contribution in [0.1, 0.15) is 25.7 Å². The van der Waals surface area contributed by atoms with Gasteiger partial charge in [-0.1, -0.05) is 12.8 Å². The van der Waals surface area contributed by atoms with E-state index in [9.17, 15) is 9.59 Å². The number of imide groups is 1. The van der Waals surface area contributed by atoms with Gasteiger partial charge in [-0.25, -0.2) is 14.7 Å². The highest BCUT2D eigenvalue weighted by Gasteiger charge is 2.34. The van der Waals surface area contributed by atoms with Gasteiger partial charge in [0.25, 0.3) is 5.91 Å². The summed E-state index contributed by atoms with van der Waals surface area (Å²) in [7, 11) is 1.61. The predicted molar refractivity (Wildman–Crippen MR) is 75.6 cm³/mol. The first kappa shape index (κ1) is 12.9. The number of amides is 3. The topological polar surface area (TPSA) is 65.5 Å². The van der Waals surface area contributed by atoms with Gasteiger partial charge in [-0.15, -0.1) is 0 Å². The molecule has 0 unspecified atom stereocenters. The summed E-state index contributed by atoms with van der Waals surface area (Å²) in [6, 6.07) is 3.79. The number of hydrogen-bond donors (Lipinski definition) is 1. The molecule has 1 saturated carbocycles. The lowest BCUT2D eigenvalue weighted by molar-refractivity contribution is -0.116. The summed E-state index contributed by atoms with van der Waals surface area (Å²) in [5.41, 5.74) is 0.529. The Morgan fingerprint density at radius 2 is 2.00 bits per heavy atom. The second-order valence-corrected chi connectivity index (χ2v) is 5.40. The van der Waals surface area contributed by atoms with Crippen molar-refractivity contribution in [3.8, 4) is 0 Å². The molecule has 2 fully saturated rings. The quantitative estimate of drug-likeness (QED) is 0.854. The minimum Gasteiger partial charge on any atom is -0.367 e. The average Bonchev–Trinajstić information content (AvgIpc) is 3.01. The van der Waals surface area contributed by atoms with Crippen molar-refractivity contribution < 1.29 is 9.59 Å². The number of nitrogens with one attached hydrogen (secondary N) is 1. The Bertz CT molecular complexity index is 522. The molecule has 2 aliphatic rings. The Morgan fingerprint density at radius 3 is 2.55 bits per heavy atom. The van der Waals surface area contributed by atoms with E-state index in [1.54, 1.807) is 19.3 Å².